The molecule has 124 valence electrons. The summed E-state index contributed by atoms with van der Waals surface area (Å²) in [5, 5.41) is 5.01. The van der Waals surface area contributed by atoms with Gasteiger partial charge in [-0.25, -0.2) is 0 Å². The maximum atomic E-state index is 12.4. The Balaban J connectivity index is 1.59. The number of amides is 1. The smallest absolute Gasteiger partial charge is 0.255 e. The molecule has 4 aromatic rings. The van der Waals surface area contributed by atoms with Gasteiger partial charge >= 0.3 is 0 Å². The van der Waals surface area contributed by atoms with Gasteiger partial charge in [0.1, 0.15) is 16.9 Å². The lowest BCUT2D eigenvalue weighted by atomic mass is 10.1. The summed E-state index contributed by atoms with van der Waals surface area (Å²) < 4.78 is 11.2. The van der Waals surface area contributed by atoms with Crippen molar-refractivity contribution in [2.24, 2.45) is 0 Å². The topological polar surface area (TPSA) is 51.5 Å². The molecule has 0 atom stereocenters. The second-order valence-corrected chi connectivity index (χ2v) is 5.72. The number of ether oxygens (including phenoxy) is 1. The lowest BCUT2D eigenvalue weighted by Crippen LogP contribution is -2.11. The molecule has 0 saturated carbocycles. The van der Waals surface area contributed by atoms with Crippen LogP contribution in [0.5, 0.6) is 5.75 Å². The molecule has 1 amide bonds. The third-order valence-electron chi connectivity index (χ3n) is 4.06. The number of anilines is 1. The van der Waals surface area contributed by atoms with Crippen LogP contribution in [0.2, 0.25) is 0 Å². The van der Waals surface area contributed by atoms with E-state index < -0.39 is 0 Å². The summed E-state index contributed by atoms with van der Waals surface area (Å²) in [6, 6.07) is 20.7. The van der Waals surface area contributed by atoms with Crippen LogP contribution in [0.4, 0.5) is 5.69 Å². The van der Waals surface area contributed by atoms with Crippen molar-refractivity contribution in [3.05, 3.63) is 72.3 Å². The van der Waals surface area contributed by atoms with Crippen molar-refractivity contribution in [3.63, 3.8) is 0 Å². The van der Waals surface area contributed by atoms with Gasteiger partial charge in [0, 0.05) is 28.1 Å². The molecular weight excluding hydrogens is 314 g/mol. The molecule has 1 N–H and O–H groups in total. The number of carbonyl (C=O) groups excluding carboxylic acids is 1. The highest BCUT2D eigenvalue weighted by molar-refractivity contribution is 6.08. The van der Waals surface area contributed by atoms with Crippen molar-refractivity contribution in [1.29, 1.82) is 0 Å². The monoisotopic (exact) mass is 331 g/mol. The molecule has 0 aliphatic carbocycles. The Morgan fingerprint density at radius 2 is 1.72 bits per heavy atom. The number of carbonyl (C=O) groups is 1. The van der Waals surface area contributed by atoms with Crippen LogP contribution >= 0.6 is 0 Å². The summed E-state index contributed by atoms with van der Waals surface area (Å²) in [5.74, 6) is 0.584. The van der Waals surface area contributed by atoms with Crippen molar-refractivity contribution in [1.82, 2.24) is 0 Å². The number of nitrogens with one attached hydrogen (secondary N) is 1. The summed E-state index contributed by atoms with van der Waals surface area (Å²) in [7, 11) is 0. The second-order valence-electron chi connectivity index (χ2n) is 5.72. The van der Waals surface area contributed by atoms with Crippen molar-refractivity contribution in [2.45, 2.75) is 6.92 Å². The second kappa shape index (κ2) is 6.32. The van der Waals surface area contributed by atoms with Crippen LogP contribution in [-0.4, -0.2) is 12.5 Å². The predicted molar refractivity (Wildman–Crippen MR) is 99.3 cm³/mol. The average molecular weight is 331 g/mol. The minimum atomic E-state index is -0.168. The number of hydrogen-bond acceptors (Lipinski definition) is 3. The zero-order chi connectivity index (χ0) is 17.2. The van der Waals surface area contributed by atoms with Gasteiger partial charge in [-0.05, 0) is 49.4 Å². The molecule has 0 radical (unpaired) electrons. The van der Waals surface area contributed by atoms with Crippen LogP contribution in [0.15, 0.2) is 71.1 Å². The van der Waals surface area contributed by atoms with E-state index in [0.717, 1.165) is 27.7 Å². The molecule has 0 saturated heterocycles. The summed E-state index contributed by atoms with van der Waals surface area (Å²) in [6.07, 6.45) is 0. The number of fused-ring (bicyclic) bond motifs is 3. The molecule has 0 aliphatic heterocycles. The van der Waals surface area contributed by atoms with Crippen LogP contribution in [0.25, 0.3) is 21.9 Å². The highest BCUT2D eigenvalue weighted by Crippen LogP contribution is 2.30. The third-order valence-corrected chi connectivity index (χ3v) is 4.06. The molecular formula is C21H17NO3. The zero-order valence-corrected chi connectivity index (χ0v) is 13.8. The molecule has 1 aromatic heterocycles. The normalized spacial score (nSPS) is 10.9. The number of para-hydroxylation sites is 1. The van der Waals surface area contributed by atoms with E-state index in [2.05, 4.69) is 5.32 Å². The highest BCUT2D eigenvalue weighted by Gasteiger charge is 2.10. The molecule has 4 rings (SSSR count). The van der Waals surface area contributed by atoms with Gasteiger partial charge in [-0.1, -0.05) is 18.2 Å². The molecule has 0 spiro atoms. The molecule has 4 nitrogen and oxygen atoms in total. The molecule has 1 heterocycles. The standard InChI is InChI=1S/C21H17NO3/c1-2-24-16-10-7-14(8-11-16)21(23)22-15-9-12-18-17-5-3-4-6-19(17)25-20(18)13-15/h3-13H,2H2,1H3,(H,22,23). The first kappa shape index (κ1) is 15.3. The lowest BCUT2D eigenvalue weighted by molar-refractivity contribution is 0.102. The van der Waals surface area contributed by atoms with Crippen LogP contribution in [-0.2, 0) is 0 Å². The largest absolute Gasteiger partial charge is 0.494 e. The minimum absolute atomic E-state index is 0.168. The summed E-state index contributed by atoms with van der Waals surface area (Å²) in [6.45, 7) is 2.53. The van der Waals surface area contributed by atoms with Crippen LogP contribution in [0.3, 0.4) is 0 Å². The van der Waals surface area contributed by atoms with Gasteiger partial charge in [-0.2, -0.15) is 0 Å². The van der Waals surface area contributed by atoms with E-state index in [1.165, 1.54) is 0 Å². The zero-order valence-electron chi connectivity index (χ0n) is 13.8. The van der Waals surface area contributed by atoms with E-state index in [1.54, 1.807) is 24.3 Å². The predicted octanol–water partition coefficient (Wildman–Crippen LogP) is 5.24. The molecule has 0 unspecified atom stereocenters. The van der Waals surface area contributed by atoms with Crippen molar-refractivity contribution >= 4 is 33.5 Å². The Labute approximate surface area is 145 Å². The SMILES string of the molecule is CCOc1ccc(C(=O)Nc2ccc3c(c2)oc2ccccc23)cc1. The van der Waals surface area contributed by atoms with E-state index in [9.17, 15) is 4.79 Å². The fourth-order valence-corrected chi connectivity index (χ4v) is 2.88. The molecule has 0 aliphatic rings. The van der Waals surface area contributed by atoms with Gasteiger partial charge in [0.15, 0.2) is 0 Å². The number of furan rings is 1. The first-order chi connectivity index (χ1) is 12.2. The summed E-state index contributed by atoms with van der Waals surface area (Å²) >= 11 is 0. The number of benzene rings is 3. The first-order valence-corrected chi connectivity index (χ1v) is 8.20. The Bertz CT molecular complexity index is 1050. The van der Waals surface area contributed by atoms with Crippen molar-refractivity contribution in [3.8, 4) is 5.75 Å². The molecule has 0 fully saturated rings. The quantitative estimate of drug-likeness (QED) is 0.556. The van der Waals surface area contributed by atoms with Gasteiger partial charge in [-0.15, -0.1) is 0 Å². The van der Waals surface area contributed by atoms with E-state index in [4.69, 9.17) is 9.15 Å². The maximum Gasteiger partial charge on any atom is 0.255 e. The summed E-state index contributed by atoms with van der Waals surface area (Å²) in [4.78, 5) is 12.4. The van der Waals surface area contributed by atoms with Gasteiger partial charge in [0.25, 0.3) is 5.91 Å². The molecule has 0 bridgehead atoms. The van der Waals surface area contributed by atoms with Crippen LogP contribution in [0.1, 0.15) is 17.3 Å². The Hall–Kier alpha value is -3.27. The maximum absolute atomic E-state index is 12.4. The Morgan fingerprint density at radius 1 is 0.960 bits per heavy atom. The van der Waals surface area contributed by atoms with Gasteiger partial charge < -0.3 is 14.5 Å². The highest BCUT2D eigenvalue weighted by atomic mass is 16.5. The summed E-state index contributed by atoms with van der Waals surface area (Å²) in [5.41, 5.74) is 2.87. The van der Waals surface area contributed by atoms with Gasteiger partial charge in [0.2, 0.25) is 0 Å². The fraction of sp³-hybridized carbons (Fsp3) is 0.0952. The Morgan fingerprint density at radius 3 is 2.52 bits per heavy atom. The molecule has 25 heavy (non-hydrogen) atoms. The molecule has 3 aromatic carbocycles. The molecule has 4 heteroatoms. The minimum Gasteiger partial charge on any atom is -0.494 e. The van der Waals surface area contributed by atoms with Crippen molar-refractivity contribution < 1.29 is 13.9 Å². The number of hydrogen-bond donors (Lipinski definition) is 1. The van der Waals surface area contributed by atoms with Gasteiger partial charge in [0.05, 0.1) is 6.61 Å². The first-order valence-electron chi connectivity index (χ1n) is 8.20. The van der Waals surface area contributed by atoms with Crippen LogP contribution in [0, 0.1) is 0 Å². The van der Waals surface area contributed by atoms with Crippen LogP contribution < -0.4 is 10.1 Å². The van der Waals surface area contributed by atoms with E-state index >= 15 is 0 Å². The lowest BCUT2D eigenvalue weighted by Gasteiger charge is -2.07. The van der Waals surface area contributed by atoms with E-state index in [0.29, 0.717) is 17.9 Å². The van der Waals surface area contributed by atoms with Crippen molar-refractivity contribution in [2.75, 3.05) is 11.9 Å². The van der Waals surface area contributed by atoms with Gasteiger partial charge in [-0.3, -0.25) is 4.79 Å². The number of rotatable bonds is 4. The van der Waals surface area contributed by atoms with E-state index in [1.807, 2.05) is 49.4 Å². The fourth-order valence-electron chi connectivity index (χ4n) is 2.88. The Kier molecular flexibility index (Phi) is 3.86. The van der Waals surface area contributed by atoms with E-state index in [-0.39, 0.29) is 5.91 Å². The third kappa shape index (κ3) is 2.94. The average Bonchev–Trinajstić information content (AvgIpc) is 3.00.